The van der Waals surface area contributed by atoms with E-state index < -0.39 is 23.8 Å². The Morgan fingerprint density at radius 1 is 1.16 bits per heavy atom. The van der Waals surface area contributed by atoms with E-state index in [2.05, 4.69) is 33.5 Å². The molecule has 0 amide bonds. The van der Waals surface area contributed by atoms with Crippen molar-refractivity contribution in [3.63, 3.8) is 0 Å². The van der Waals surface area contributed by atoms with Gasteiger partial charge in [-0.05, 0) is 55.8 Å². The van der Waals surface area contributed by atoms with Crippen LogP contribution in [0.3, 0.4) is 0 Å². The van der Waals surface area contributed by atoms with Crippen molar-refractivity contribution in [2.45, 2.75) is 25.8 Å². The minimum absolute atomic E-state index is 0.0782. The highest BCUT2D eigenvalue weighted by atomic mass is 19.3. The van der Waals surface area contributed by atoms with Crippen molar-refractivity contribution in [1.29, 1.82) is 0 Å². The molecule has 1 aromatic heterocycles. The van der Waals surface area contributed by atoms with Gasteiger partial charge in [0.05, 0.1) is 29.0 Å². The van der Waals surface area contributed by atoms with Crippen LogP contribution in [-0.4, -0.2) is 35.2 Å². The van der Waals surface area contributed by atoms with Crippen LogP contribution in [0.5, 0.6) is 0 Å². The third-order valence-electron chi connectivity index (χ3n) is 5.65. The predicted octanol–water partition coefficient (Wildman–Crippen LogP) is 5.18. The number of rotatable bonds is 5. The number of hydrogen-bond donors (Lipinski definition) is 2. The van der Waals surface area contributed by atoms with Gasteiger partial charge in [0.15, 0.2) is 0 Å². The molecule has 0 spiro atoms. The van der Waals surface area contributed by atoms with E-state index in [-0.39, 0.29) is 11.3 Å². The SMILES string of the molecule is C[C@@H](Nc1cnnc2ccc(C3=CCN(C)CC3)cc12)c1cc(N)cc(C(F)F)c1F. The van der Waals surface area contributed by atoms with Gasteiger partial charge in [-0.25, -0.2) is 13.2 Å². The van der Waals surface area contributed by atoms with Crippen LogP contribution in [0.2, 0.25) is 0 Å². The van der Waals surface area contributed by atoms with Crippen LogP contribution in [-0.2, 0) is 0 Å². The molecule has 0 unspecified atom stereocenters. The first-order valence-corrected chi connectivity index (χ1v) is 10.1. The third kappa shape index (κ3) is 4.34. The number of benzene rings is 2. The molecule has 8 heteroatoms. The standard InChI is InChI=1S/C23H24F3N5/c1-13(17-10-16(27)11-19(22(17)24)23(25)26)29-21-12-28-30-20-4-3-15(9-18(20)21)14-5-7-31(2)8-6-14/h3-5,9-13,23H,6-8,27H2,1-2H3,(H,29,30)/t13-/m1/s1. The number of nitrogen functional groups attached to an aromatic ring is 1. The van der Waals surface area contributed by atoms with E-state index in [0.717, 1.165) is 36.5 Å². The molecule has 0 aliphatic carbocycles. The maximum absolute atomic E-state index is 14.7. The number of hydrogen-bond acceptors (Lipinski definition) is 5. The molecule has 4 rings (SSSR count). The number of likely N-dealkylation sites (N-methyl/N-ethyl adjacent to an activating group) is 1. The summed E-state index contributed by atoms with van der Waals surface area (Å²) in [5.74, 6) is -0.951. The first-order chi connectivity index (χ1) is 14.8. The molecule has 0 radical (unpaired) electrons. The molecule has 31 heavy (non-hydrogen) atoms. The molecular formula is C23H24F3N5. The van der Waals surface area contributed by atoms with Crippen LogP contribution in [0.1, 0.15) is 42.5 Å². The fourth-order valence-electron chi connectivity index (χ4n) is 3.88. The van der Waals surface area contributed by atoms with Gasteiger partial charge < -0.3 is 16.0 Å². The lowest BCUT2D eigenvalue weighted by Crippen LogP contribution is -2.23. The van der Waals surface area contributed by atoms with E-state index in [0.29, 0.717) is 11.2 Å². The van der Waals surface area contributed by atoms with Crippen molar-refractivity contribution in [2.75, 3.05) is 31.2 Å². The molecular weight excluding hydrogens is 403 g/mol. The summed E-state index contributed by atoms with van der Waals surface area (Å²) in [5.41, 5.74) is 8.91. The summed E-state index contributed by atoms with van der Waals surface area (Å²) in [6, 6.07) is 7.71. The monoisotopic (exact) mass is 427 g/mol. The Hall–Kier alpha value is -3.13. The maximum atomic E-state index is 14.7. The summed E-state index contributed by atoms with van der Waals surface area (Å²) in [6.45, 7) is 3.58. The van der Waals surface area contributed by atoms with Gasteiger partial charge in [0, 0.05) is 29.7 Å². The van der Waals surface area contributed by atoms with Crippen LogP contribution in [0, 0.1) is 5.82 Å². The molecule has 0 bridgehead atoms. The van der Waals surface area contributed by atoms with Gasteiger partial charge in [-0.2, -0.15) is 10.2 Å². The van der Waals surface area contributed by atoms with Gasteiger partial charge in [-0.3, -0.25) is 0 Å². The second-order valence-corrected chi connectivity index (χ2v) is 7.91. The van der Waals surface area contributed by atoms with Crippen molar-refractivity contribution in [3.8, 4) is 0 Å². The van der Waals surface area contributed by atoms with E-state index in [4.69, 9.17) is 5.73 Å². The van der Waals surface area contributed by atoms with Gasteiger partial charge in [0.1, 0.15) is 5.82 Å². The average Bonchev–Trinajstić information content (AvgIpc) is 2.75. The summed E-state index contributed by atoms with van der Waals surface area (Å²) in [6.07, 6.45) is 1.78. The number of anilines is 2. The normalized spacial score (nSPS) is 15.9. The zero-order valence-corrected chi connectivity index (χ0v) is 17.4. The van der Waals surface area contributed by atoms with Gasteiger partial charge in [-0.1, -0.05) is 12.1 Å². The highest BCUT2D eigenvalue weighted by Crippen LogP contribution is 2.33. The quantitative estimate of drug-likeness (QED) is 0.549. The van der Waals surface area contributed by atoms with Crippen LogP contribution < -0.4 is 11.1 Å². The summed E-state index contributed by atoms with van der Waals surface area (Å²) in [4.78, 5) is 2.25. The van der Waals surface area contributed by atoms with E-state index in [1.54, 1.807) is 13.1 Å². The predicted molar refractivity (Wildman–Crippen MR) is 117 cm³/mol. The Bertz CT molecular complexity index is 1150. The molecule has 2 heterocycles. The first kappa shape index (κ1) is 21.1. The number of halogens is 3. The van der Waals surface area contributed by atoms with Crippen LogP contribution in [0.25, 0.3) is 16.5 Å². The second-order valence-electron chi connectivity index (χ2n) is 7.91. The summed E-state index contributed by atoms with van der Waals surface area (Å²) in [5, 5.41) is 12.2. The number of alkyl halides is 2. The Morgan fingerprint density at radius 3 is 2.65 bits per heavy atom. The highest BCUT2D eigenvalue weighted by Gasteiger charge is 2.21. The number of aromatic nitrogens is 2. The lowest BCUT2D eigenvalue weighted by atomic mass is 9.97. The Morgan fingerprint density at radius 2 is 1.94 bits per heavy atom. The molecule has 2 aromatic carbocycles. The number of fused-ring (bicyclic) bond motifs is 1. The number of nitrogens with zero attached hydrogens (tertiary/aromatic N) is 3. The number of nitrogens with two attached hydrogens (primary N) is 1. The first-order valence-electron chi connectivity index (χ1n) is 10.1. The molecule has 3 aromatic rings. The third-order valence-corrected chi connectivity index (χ3v) is 5.65. The summed E-state index contributed by atoms with van der Waals surface area (Å²) < 4.78 is 41.1. The lowest BCUT2D eigenvalue weighted by molar-refractivity contribution is 0.146. The summed E-state index contributed by atoms with van der Waals surface area (Å²) in [7, 11) is 2.08. The highest BCUT2D eigenvalue weighted by molar-refractivity contribution is 5.93. The molecule has 1 atom stereocenters. The average molecular weight is 427 g/mol. The van der Waals surface area contributed by atoms with Gasteiger partial charge in [0.2, 0.25) is 0 Å². The minimum Gasteiger partial charge on any atom is -0.399 e. The van der Waals surface area contributed by atoms with Gasteiger partial charge in [0.25, 0.3) is 6.43 Å². The van der Waals surface area contributed by atoms with Crippen molar-refractivity contribution in [3.05, 3.63) is 65.1 Å². The van der Waals surface area contributed by atoms with Crippen molar-refractivity contribution < 1.29 is 13.2 Å². The largest absolute Gasteiger partial charge is 0.399 e. The van der Waals surface area contributed by atoms with Crippen molar-refractivity contribution in [1.82, 2.24) is 15.1 Å². The Kier molecular flexibility index (Phi) is 5.82. The van der Waals surface area contributed by atoms with E-state index >= 15 is 0 Å². The topological polar surface area (TPSA) is 67.1 Å². The van der Waals surface area contributed by atoms with E-state index in [1.165, 1.54) is 11.6 Å². The van der Waals surface area contributed by atoms with E-state index in [9.17, 15) is 13.2 Å². The number of nitrogens with one attached hydrogen (secondary N) is 1. The second kappa shape index (κ2) is 8.55. The summed E-state index contributed by atoms with van der Waals surface area (Å²) >= 11 is 0. The Labute approximate surface area is 178 Å². The molecule has 162 valence electrons. The molecule has 1 aliphatic rings. The van der Waals surface area contributed by atoms with Crippen LogP contribution in [0.4, 0.5) is 24.5 Å². The molecule has 0 saturated carbocycles. The van der Waals surface area contributed by atoms with Crippen LogP contribution in [0.15, 0.2) is 42.6 Å². The zero-order valence-electron chi connectivity index (χ0n) is 17.4. The van der Waals surface area contributed by atoms with Gasteiger partial charge in [-0.15, -0.1) is 0 Å². The van der Waals surface area contributed by atoms with Gasteiger partial charge >= 0.3 is 0 Å². The lowest BCUT2D eigenvalue weighted by Gasteiger charge is -2.22. The molecule has 5 nitrogen and oxygen atoms in total. The minimum atomic E-state index is -2.94. The van der Waals surface area contributed by atoms with Crippen molar-refractivity contribution in [2.24, 2.45) is 0 Å². The van der Waals surface area contributed by atoms with Crippen molar-refractivity contribution >= 4 is 27.9 Å². The van der Waals surface area contributed by atoms with E-state index in [1.807, 2.05) is 18.2 Å². The zero-order chi connectivity index (χ0) is 22.1. The fraction of sp³-hybridized carbons (Fsp3) is 0.304. The smallest absolute Gasteiger partial charge is 0.266 e. The molecule has 0 saturated heterocycles. The Balaban J connectivity index is 1.69. The molecule has 0 fully saturated rings. The fourth-order valence-corrected chi connectivity index (χ4v) is 3.88. The van der Waals surface area contributed by atoms with Crippen LogP contribution >= 0.6 is 0 Å². The molecule has 1 aliphatic heterocycles. The maximum Gasteiger partial charge on any atom is 0.266 e. The molecule has 3 N–H and O–H groups in total.